The summed E-state index contributed by atoms with van der Waals surface area (Å²) >= 11 is 0. The second kappa shape index (κ2) is 3.63. The van der Waals surface area contributed by atoms with Crippen molar-refractivity contribution >= 4 is 18.5 Å². The van der Waals surface area contributed by atoms with Crippen LogP contribution in [-0.4, -0.2) is 19.6 Å². The summed E-state index contributed by atoms with van der Waals surface area (Å²) < 4.78 is 64.5. The molecule has 0 radical (unpaired) electrons. The molecule has 0 aromatic heterocycles. The molecule has 1 aromatic rings. The van der Waals surface area contributed by atoms with Crippen LogP contribution in [0.1, 0.15) is 0 Å². The predicted molar refractivity (Wildman–Crippen MR) is 51.8 cm³/mol. The van der Waals surface area contributed by atoms with Gasteiger partial charge in [0.15, 0.2) is 23.3 Å². The minimum absolute atomic E-state index is 0.793. The highest BCUT2D eigenvalue weighted by Crippen LogP contribution is 2.37. The van der Waals surface area contributed by atoms with Gasteiger partial charge in [0.25, 0.3) is 0 Å². The lowest BCUT2D eigenvalue weighted by atomic mass is 10.3. The Labute approximate surface area is 83.7 Å². The van der Waals surface area contributed by atoms with E-state index in [0.717, 1.165) is 0 Å². The maximum absolute atomic E-state index is 13.2. The van der Waals surface area contributed by atoms with Crippen LogP contribution in [0, 0.1) is 29.1 Å². The van der Waals surface area contributed by atoms with Crippen LogP contribution >= 0.6 is 6.89 Å². The Bertz CT molecular complexity index is 431. The van der Waals surface area contributed by atoms with E-state index in [0.29, 0.717) is 0 Å². The van der Waals surface area contributed by atoms with Crippen molar-refractivity contribution in [2.45, 2.75) is 0 Å². The molecule has 6 heteroatoms. The molecule has 0 spiro atoms. The van der Waals surface area contributed by atoms with E-state index in [9.17, 15) is 22.0 Å². The van der Waals surface area contributed by atoms with Crippen molar-refractivity contribution in [2.24, 2.45) is 0 Å². The molecule has 0 aliphatic rings. The van der Waals surface area contributed by atoms with Gasteiger partial charge in [-0.1, -0.05) is 13.2 Å². The van der Waals surface area contributed by atoms with Crippen LogP contribution in [0.25, 0.3) is 0 Å². The van der Waals surface area contributed by atoms with Gasteiger partial charge in [0, 0.05) is 0 Å². The number of rotatable bonds is 1. The van der Waals surface area contributed by atoms with E-state index in [1.54, 1.807) is 0 Å². The molecule has 1 rings (SSSR count). The summed E-state index contributed by atoms with van der Waals surface area (Å²) in [7, 11) is 0. The third-order valence-corrected chi connectivity index (χ3v) is 3.40. The van der Waals surface area contributed by atoms with E-state index in [4.69, 9.17) is 0 Å². The molecule has 0 atom stereocenters. The molecule has 0 saturated heterocycles. The third-order valence-electron chi connectivity index (χ3n) is 1.79. The van der Waals surface area contributed by atoms with E-state index in [1.165, 1.54) is 13.3 Å². The largest absolute Gasteiger partial charge is 0.203 e. The van der Waals surface area contributed by atoms with Crippen LogP contribution in [-0.2, 0) is 0 Å². The van der Waals surface area contributed by atoms with Gasteiger partial charge >= 0.3 is 0 Å². The fourth-order valence-electron chi connectivity index (χ4n) is 1.12. The fraction of sp³-hybridized carbons (Fsp3) is 0.222. The SMILES string of the molecule is C=P(C)(C)c1c(F)c(F)c(F)c(F)c1F. The zero-order valence-electron chi connectivity index (χ0n) is 8.04. The van der Waals surface area contributed by atoms with Gasteiger partial charge in [-0.3, -0.25) is 0 Å². The van der Waals surface area contributed by atoms with E-state index < -0.39 is 41.3 Å². The van der Waals surface area contributed by atoms with E-state index in [1.807, 2.05) is 0 Å². The second-order valence-electron chi connectivity index (χ2n) is 3.60. The van der Waals surface area contributed by atoms with Gasteiger partial charge in [-0.05, 0) is 13.3 Å². The van der Waals surface area contributed by atoms with Gasteiger partial charge in [-0.15, -0.1) is 0 Å². The van der Waals surface area contributed by atoms with Gasteiger partial charge in [0.1, 0.15) is 0 Å². The zero-order valence-corrected chi connectivity index (χ0v) is 8.94. The second-order valence-corrected chi connectivity index (χ2v) is 7.42. The zero-order chi connectivity index (χ0) is 12.0. The highest BCUT2D eigenvalue weighted by atomic mass is 31.2. The predicted octanol–water partition coefficient (Wildman–Crippen LogP) is 2.72. The summed E-state index contributed by atoms with van der Waals surface area (Å²) in [4.78, 5) is 0. The lowest BCUT2D eigenvalue weighted by Gasteiger charge is -2.16. The molecule has 0 aliphatic carbocycles. The first-order chi connectivity index (χ1) is 6.68. The highest BCUT2D eigenvalue weighted by molar-refractivity contribution is 7.79. The molecule has 0 saturated carbocycles. The number of halogens is 5. The van der Waals surface area contributed by atoms with E-state index in [2.05, 4.69) is 6.30 Å². The van der Waals surface area contributed by atoms with Gasteiger partial charge in [0.05, 0.1) is 5.30 Å². The van der Waals surface area contributed by atoms with Crippen molar-refractivity contribution in [3.63, 3.8) is 0 Å². The standard InChI is InChI=1S/C9H8F5P/c1-15(2,3)9-7(13)5(11)4(10)6(12)8(9)14/h1H2,2-3H3. The monoisotopic (exact) mass is 242 g/mol. The summed E-state index contributed by atoms with van der Waals surface area (Å²) in [5.41, 5.74) is 0. The normalized spacial score (nSPS) is 11.9. The minimum Gasteiger partial charge on any atom is -0.203 e. The van der Waals surface area contributed by atoms with Crippen molar-refractivity contribution in [1.82, 2.24) is 0 Å². The maximum Gasteiger partial charge on any atom is 0.200 e. The molecule has 0 N–H and O–H groups in total. The quantitative estimate of drug-likeness (QED) is 0.307. The van der Waals surface area contributed by atoms with Gasteiger partial charge < -0.3 is 0 Å². The lowest BCUT2D eigenvalue weighted by molar-refractivity contribution is 0.384. The van der Waals surface area contributed by atoms with Crippen molar-refractivity contribution in [1.29, 1.82) is 0 Å². The lowest BCUT2D eigenvalue weighted by Crippen LogP contribution is -2.20. The Kier molecular flexibility index (Phi) is 2.97. The molecule has 0 heterocycles. The first-order valence-corrected chi connectivity index (χ1v) is 6.75. The summed E-state index contributed by atoms with van der Waals surface area (Å²) in [5, 5.41) is -0.793. The van der Waals surface area contributed by atoms with Gasteiger partial charge in [-0.25, -0.2) is 22.0 Å². The van der Waals surface area contributed by atoms with Gasteiger partial charge in [-0.2, -0.15) is 0 Å². The Morgan fingerprint density at radius 3 is 1.27 bits per heavy atom. The molecule has 0 nitrogen and oxygen atoms in total. The fourth-order valence-corrected chi connectivity index (χ4v) is 2.38. The van der Waals surface area contributed by atoms with Crippen LogP contribution in [0.3, 0.4) is 0 Å². The number of benzene rings is 1. The smallest absolute Gasteiger partial charge is 0.200 e. The van der Waals surface area contributed by atoms with Crippen LogP contribution < -0.4 is 5.30 Å². The first kappa shape index (κ1) is 12.2. The average Bonchev–Trinajstić information content (AvgIpc) is 2.09. The summed E-state index contributed by atoms with van der Waals surface area (Å²) in [5.74, 6) is -9.53. The van der Waals surface area contributed by atoms with Crippen molar-refractivity contribution in [3.8, 4) is 0 Å². The molecular weight excluding hydrogens is 234 g/mol. The Morgan fingerprint density at radius 2 is 1.00 bits per heavy atom. The summed E-state index contributed by atoms with van der Waals surface area (Å²) in [6, 6.07) is 0. The van der Waals surface area contributed by atoms with Crippen LogP contribution in [0.5, 0.6) is 0 Å². The van der Waals surface area contributed by atoms with Crippen molar-refractivity contribution < 1.29 is 22.0 Å². The summed E-state index contributed by atoms with van der Waals surface area (Å²) in [6.07, 6.45) is 3.45. The Morgan fingerprint density at radius 1 is 0.733 bits per heavy atom. The average molecular weight is 242 g/mol. The van der Waals surface area contributed by atoms with Crippen molar-refractivity contribution in [3.05, 3.63) is 29.1 Å². The third kappa shape index (κ3) is 1.93. The molecule has 0 aliphatic heterocycles. The van der Waals surface area contributed by atoms with E-state index in [-0.39, 0.29) is 0 Å². The Balaban J connectivity index is 3.76. The molecular formula is C9H8F5P. The molecule has 0 unspecified atom stereocenters. The molecule has 1 aromatic carbocycles. The van der Waals surface area contributed by atoms with Crippen molar-refractivity contribution in [2.75, 3.05) is 13.3 Å². The highest BCUT2D eigenvalue weighted by Gasteiger charge is 2.28. The molecule has 0 bridgehead atoms. The van der Waals surface area contributed by atoms with Crippen LogP contribution in [0.4, 0.5) is 22.0 Å². The minimum atomic E-state index is -2.56. The maximum atomic E-state index is 13.2. The number of hydrogen-bond donors (Lipinski definition) is 0. The topological polar surface area (TPSA) is 0 Å². The molecule has 84 valence electrons. The van der Waals surface area contributed by atoms with Crippen LogP contribution in [0.2, 0.25) is 0 Å². The number of hydrogen-bond acceptors (Lipinski definition) is 0. The molecule has 0 fully saturated rings. The van der Waals surface area contributed by atoms with E-state index >= 15 is 0 Å². The first-order valence-electron chi connectivity index (χ1n) is 3.88. The molecule has 15 heavy (non-hydrogen) atoms. The Hall–Kier alpha value is -0.830. The molecule has 0 amide bonds. The van der Waals surface area contributed by atoms with Crippen LogP contribution in [0.15, 0.2) is 0 Å². The summed E-state index contributed by atoms with van der Waals surface area (Å²) in [6.45, 7) is 0.169. The van der Waals surface area contributed by atoms with Gasteiger partial charge in [0.2, 0.25) is 5.82 Å².